The molecule has 0 fully saturated rings. The lowest BCUT2D eigenvalue weighted by Crippen LogP contribution is -2.34. The van der Waals surface area contributed by atoms with E-state index in [1.807, 2.05) is 0 Å². The van der Waals surface area contributed by atoms with Crippen LogP contribution in [0.15, 0.2) is 18.2 Å². The van der Waals surface area contributed by atoms with Crippen LogP contribution >= 0.6 is 12.2 Å². The fourth-order valence-electron chi connectivity index (χ4n) is 1.97. The normalized spacial score (nSPS) is 9.74. The smallest absolute Gasteiger partial charge is 0.337 e. The van der Waals surface area contributed by atoms with Crippen LogP contribution in [0, 0.1) is 0 Å². The zero-order valence-electron chi connectivity index (χ0n) is 15.1. The van der Waals surface area contributed by atoms with Gasteiger partial charge in [-0.05, 0) is 37.3 Å². The molecule has 0 unspecified atom stereocenters. The van der Waals surface area contributed by atoms with Crippen LogP contribution in [-0.2, 0) is 23.8 Å². The van der Waals surface area contributed by atoms with E-state index in [0.29, 0.717) is 0 Å². The van der Waals surface area contributed by atoms with Crippen LogP contribution in [0.5, 0.6) is 0 Å². The van der Waals surface area contributed by atoms with Crippen LogP contribution in [0.1, 0.15) is 40.5 Å². The van der Waals surface area contributed by atoms with Gasteiger partial charge in [0.15, 0.2) is 5.11 Å². The number of ether oxygens (including phenoxy) is 3. The van der Waals surface area contributed by atoms with E-state index < -0.39 is 23.8 Å². The van der Waals surface area contributed by atoms with E-state index in [9.17, 15) is 19.2 Å². The van der Waals surface area contributed by atoms with E-state index in [1.165, 1.54) is 32.4 Å². The molecule has 9 nitrogen and oxygen atoms in total. The van der Waals surface area contributed by atoms with Crippen molar-refractivity contribution in [2.45, 2.75) is 19.8 Å². The van der Waals surface area contributed by atoms with Crippen molar-refractivity contribution in [3.63, 3.8) is 0 Å². The molecular formula is C17H20N2O7S. The number of hydrogen-bond donors (Lipinski definition) is 2. The standard InChI is InChI=1S/C17H20N2O7S/c1-4-26-14(21)6-5-13(20)19-17(27)18-12-8-10(15(22)24-2)7-11(9-12)16(23)25-3/h7-9H,4-6H2,1-3H3,(H2,18,19,20,27). The third-order valence-corrected chi connectivity index (χ3v) is 3.35. The van der Waals surface area contributed by atoms with E-state index >= 15 is 0 Å². The predicted octanol–water partition coefficient (Wildman–Crippen LogP) is 1.42. The molecule has 1 rings (SSSR count). The lowest BCUT2D eigenvalue weighted by molar-refractivity contribution is -0.144. The molecule has 0 spiro atoms. The SMILES string of the molecule is CCOC(=O)CCC(=O)NC(=S)Nc1cc(C(=O)OC)cc(C(=O)OC)c1. The van der Waals surface area contributed by atoms with Crippen LogP contribution in [0.3, 0.4) is 0 Å². The highest BCUT2D eigenvalue weighted by Crippen LogP contribution is 2.17. The molecular weight excluding hydrogens is 376 g/mol. The first-order valence-corrected chi connectivity index (χ1v) is 8.29. The van der Waals surface area contributed by atoms with Crippen molar-refractivity contribution in [1.82, 2.24) is 5.32 Å². The van der Waals surface area contributed by atoms with Crippen molar-refractivity contribution in [3.8, 4) is 0 Å². The summed E-state index contributed by atoms with van der Waals surface area (Å²) in [5.41, 5.74) is 0.465. The number of hydrogen-bond acceptors (Lipinski definition) is 8. The minimum Gasteiger partial charge on any atom is -0.466 e. The lowest BCUT2D eigenvalue weighted by atomic mass is 10.1. The third kappa shape index (κ3) is 7.40. The molecule has 0 saturated carbocycles. The Kier molecular flexibility index (Phi) is 8.86. The summed E-state index contributed by atoms with van der Waals surface area (Å²) >= 11 is 5.03. The van der Waals surface area contributed by atoms with E-state index in [1.54, 1.807) is 6.92 Å². The summed E-state index contributed by atoms with van der Waals surface area (Å²) in [5, 5.41) is 5.02. The average Bonchev–Trinajstić information content (AvgIpc) is 2.64. The molecule has 0 radical (unpaired) electrons. The zero-order chi connectivity index (χ0) is 20.4. The summed E-state index contributed by atoms with van der Waals surface area (Å²) in [4.78, 5) is 46.5. The molecule has 0 aliphatic carbocycles. The van der Waals surface area contributed by atoms with Gasteiger partial charge in [-0.1, -0.05) is 0 Å². The van der Waals surface area contributed by atoms with E-state index in [0.717, 1.165) is 0 Å². The van der Waals surface area contributed by atoms with Crippen LogP contribution in [0.25, 0.3) is 0 Å². The summed E-state index contributed by atoms with van der Waals surface area (Å²) < 4.78 is 14.0. The first kappa shape index (κ1) is 22.0. The van der Waals surface area contributed by atoms with Gasteiger partial charge >= 0.3 is 17.9 Å². The molecule has 1 aromatic rings. The molecule has 27 heavy (non-hydrogen) atoms. The fourth-order valence-corrected chi connectivity index (χ4v) is 2.20. The number of carbonyl (C=O) groups is 4. The van der Waals surface area contributed by atoms with Crippen molar-refractivity contribution >= 4 is 46.8 Å². The molecule has 0 atom stereocenters. The monoisotopic (exact) mass is 396 g/mol. The quantitative estimate of drug-likeness (QED) is 0.400. The number of amides is 1. The molecule has 0 saturated heterocycles. The van der Waals surface area contributed by atoms with Gasteiger partial charge in [-0.2, -0.15) is 0 Å². The van der Waals surface area contributed by atoms with Gasteiger partial charge < -0.3 is 24.8 Å². The lowest BCUT2D eigenvalue weighted by Gasteiger charge is -2.12. The number of nitrogens with one attached hydrogen (secondary N) is 2. The maximum atomic E-state index is 11.8. The summed E-state index contributed by atoms with van der Waals surface area (Å²) in [6.07, 6.45) is -0.178. The number of rotatable bonds is 7. The highest BCUT2D eigenvalue weighted by Gasteiger charge is 2.15. The minimum absolute atomic E-state index is 0.0679. The van der Waals surface area contributed by atoms with Crippen LogP contribution < -0.4 is 10.6 Å². The first-order valence-electron chi connectivity index (χ1n) is 7.88. The second kappa shape index (κ2) is 10.9. The maximum Gasteiger partial charge on any atom is 0.337 e. The summed E-state index contributed by atoms with van der Waals surface area (Å²) in [5.74, 6) is -2.29. The van der Waals surface area contributed by atoms with Gasteiger partial charge in [-0.25, -0.2) is 9.59 Å². The molecule has 0 heterocycles. The Labute approximate surface area is 161 Å². The van der Waals surface area contributed by atoms with Crippen molar-refractivity contribution in [2.75, 3.05) is 26.1 Å². The van der Waals surface area contributed by atoms with Crippen molar-refractivity contribution in [2.24, 2.45) is 0 Å². The Balaban J connectivity index is 2.80. The predicted molar refractivity (Wildman–Crippen MR) is 99.4 cm³/mol. The van der Waals surface area contributed by atoms with Gasteiger partial charge in [0.25, 0.3) is 0 Å². The number of anilines is 1. The third-order valence-electron chi connectivity index (χ3n) is 3.15. The van der Waals surface area contributed by atoms with Crippen molar-refractivity contribution in [3.05, 3.63) is 29.3 Å². The zero-order valence-corrected chi connectivity index (χ0v) is 15.9. The summed E-state index contributed by atoms with van der Waals surface area (Å²) in [7, 11) is 2.41. The van der Waals surface area contributed by atoms with Crippen molar-refractivity contribution in [1.29, 1.82) is 0 Å². The molecule has 10 heteroatoms. The number of esters is 3. The maximum absolute atomic E-state index is 11.8. The molecule has 0 aromatic heterocycles. The molecule has 146 valence electrons. The second-order valence-corrected chi connectivity index (χ2v) is 5.50. The molecule has 1 aromatic carbocycles. The summed E-state index contributed by atoms with van der Waals surface area (Å²) in [6, 6.07) is 4.11. The molecule has 0 aliphatic heterocycles. The Hall–Kier alpha value is -3.01. The van der Waals surface area contributed by atoms with Gasteiger partial charge in [0.05, 0.1) is 38.4 Å². The Morgan fingerprint density at radius 1 is 0.963 bits per heavy atom. The largest absolute Gasteiger partial charge is 0.466 e. The van der Waals surface area contributed by atoms with E-state index in [4.69, 9.17) is 17.0 Å². The van der Waals surface area contributed by atoms with Crippen LogP contribution in [-0.4, -0.2) is 49.8 Å². The number of carbonyl (C=O) groups excluding carboxylic acids is 4. The molecule has 2 N–H and O–H groups in total. The topological polar surface area (TPSA) is 120 Å². The second-order valence-electron chi connectivity index (χ2n) is 5.09. The number of benzene rings is 1. The van der Waals surface area contributed by atoms with Crippen LogP contribution in [0.2, 0.25) is 0 Å². The molecule has 0 aliphatic rings. The summed E-state index contributed by atoms with van der Waals surface area (Å²) in [6.45, 7) is 1.90. The van der Waals surface area contributed by atoms with Gasteiger partial charge in [0.1, 0.15) is 0 Å². The Morgan fingerprint density at radius 2 is 1.52 bits per heavy atom. The fraction of sp³-hybridized carbons (Fsp3) is 0.353. The van der Waals surface area contributed by atoms with Gasteiger partial charge in [0.2, 0.25) is 5.91 Å². The first-order chi connectivity index (χ1) is 12.8. The minimum atomic E-state index is -0.659. The van der Waals surface area contributed by atoms with E-state index in [2.05, 4.69) is 20.1 Å². The average molecular weight is 396 g/mol. The number of thiocarbonyl (C=S) groups is 1. The Bertz CT molecular complexity index is 715. The van der Waals surface area contributed by atoms with Gasteiger partial charge in [-0.3, -0.25) is 9.59 Å². The van der Waals surface area contributed by atoms with Crippen LogP contribution in [0.4, 0.5) is 5.69 Å². The Morgan fingerprint density at radius 3 is 2.00 bits per heavy atom. The van der Waals surface area contributed by atoms with E-state index in [-0.39, 0.29) is 41.4 Å². The molecule has 0 bridgehead atoms. The van der Waals surface area contributed by atoms with Gasteiger partial charge in [-0.15, -0.1) is 0 Å². The molecule has 1 amide bonds. The highest BCUT2D eigenvalue weighted by atomic mass is 32.1. The number of methoxy groups -OCH3 is 2. The van der Waals surface area contributed by atoms with Gasteiger partial charge in [0, 0.05) is 12.1 Å². The van der Waals surface area contributed by atoms with Crippen molar-refractivity contribution < 1.29 is 33.4 Å². The highest BCUT2D eigenvalue weighted by molar-refractivity contribution is 7.80.